The lowest BCUT2D eigenvalue weighted by Crippen LogP contribution is -2.21. The monoisotopic (exact) mass is 426 g/mol. The molecule has 8 heteroatoms. The smallest absolute Gasteiger partial charge is 0.258 e. The maximum absolute atomic E-state index is 13.1. The summed E-state index contributed by atoms with van der Waals surface area (Å²) in [6.45, 7) is 9.84. The van der Waals surface area contributed by atoms with Gasteiger partial charge in [-0.05, 0) is 43.7 Å². The van der Waals surface area contributed by atoms with Crippen molar-refractivity contribution in [1.82, 2.24) is 9.78 Å². The van der Waals surface area contributed by atoms with Crippen LogP contribution in [0.3, 0.4) is 0 Å². The zero-order valence-electron chi connectivity index (χ0n) is 17.7. The minimum Gasteiger partial charge on any atom is -0.306 e. The molecule has 0 fully saturated rings. The molecule has 0 bridgehead atoms. The van der Waals surface area contributed by atoms with Gasteiger partial charge in [-0.2, -0.15) is 5.10 Å². The molecule has 0 spiro atoms. The quantitative estimate of drug-likeness (QED) is 0.663. The third-order valence-corrected chi connectivity index (χ3v) is 5.62. The van der Waals surface area contributed by atoms with Gasteiger partial charge >= 0.3 is 0 Å². The first kappa shape index (κ1) is 21.7. The van der Waals surface area contributed by atoms with Crippen molar-refractivity contribution in [3.8, 4) is 5.69 Å². The van der Waals surface area contributed by atoms with Gasteiger partial charge in [0, 0.05) is 11.5 Å². The van der Waals surface area contributed by atoms with E-state index >= 15 is 0 Å². The summed E-state index contributed by atoms with van der Waals surface area (Å²) in [5.74, 6) is -0.130. The Hall–Kier alpha value is -2.97. The molecule has 0 radical (unpaired) electrons. The number of aromatic nitrogens is 2. The van der Waals surface area contributed by atoms with Gasteiger partial charge in [0.2, 0.25) is 10.0 Å². The fraction of sp³-hybridized carbons (Fsp3) is 0.273. The number of carbonyl (C=O) groups excluding carboxylic acids is 1. The highest BCUT2D eigenvalue weighted by Crippen LogP contribution is 2.27. The Bertz CT molecular complexity index is 1220. The normalized spacial score (nSPS) is 12.1. The molecule has 0 saturated heterocycles. The van der Waals surface area contributed by atoms with Gasteiger partial charge in [-0.3, -0.25) is 4.79 Å². The number of rotatable bonds is 4. The predicted molar refractivity (Wildman–Crippen MR) is 118 cm³/mol. The lowest BCUT2D eigenvalue weighted by atomic mass is 9.92. The van der Waals surface area contributed by atoms with Gasteiger partial charge in [0.15, 0.2) is 0 Å². The number of anilines is 1. The molecule has 3 rings (SSSR count). The Morgan fingerprint density at radius 2 is 1.70 bits per heavy atom. The minimum atomic E-state index is -4.06. The molecular formula is C22H26N4O3S. The summed E-state index contributed by atoms with van der Waals surface area (Å²) in [6, 6.07) is 14.0. The number of hydrogen-bond donors (Lipinski definition) is 2. The summed E-state index contributed by atoms with van der Waals surface area (Å²) in [6.07, 6.45) is 0. The summed E-state index contributed by atoms with van der Waals surface area (Å²) in [5, 5.41) is 12.8. The fourth-order valence-corrected chi connectivity index (χ4v) is 3.76. The van der Waals surface area contributed by atoms with Crippen LogP contribution in [-0.4, -0.2) is 24.1 Å². The van der Waals surface area contributed by atoms with Crippen molar-refractivity contribution in [1.29, 1.82) is 0 Å². The molecule has 0 saturated carbocycles. The van der Waals surface area contributed by atoms with Gasteiger partial charge < -0.3 is 5.32 Å². The molecule has 0 aliphatic heterocycles. The number of benzene rings is 2. The first-order chi connectivity index (χ1) is 13.9. The number of nitrogens with zero attached hydrogens (tertiary/aromatic N) is 2. The molecule has 1 aromatic heterocycles. The van der Waals surface area contributed by atoms with Gasteiger partial charge in [0.1, 0.15) is 5.82 Å². The number of aryl methyl sites for hydroxylation is 2. The van der Waals surface area contributed by atoms with Gasteiger partial charge in [-0.1, -0.05) is 44.5 Å². The van der Waals surface area contributed by atoms with E-state index < -0.39 is 15.9 Å². The molecule has 3 N–H and O–H groups in total. The number of carbonyl (C=O) groups is 1. The van der Waals surface area contributed by atoms with Crippen molar-refractivity contribution in [2.45, 2.75) is 44.9 Å². The van der Waals surface area contributed by atoms with Gasteiger partial charge in [-0.25, -0.2) is 18.2 Å². The lowest BCUT2D eigenvalue weighted by Gasteiger charge is -2.14. The predicted octanol–water partition coefficient (Wildman–Crippen LogP) is 3.69. The Balaban J connectivity index is 2.10. The van der Waals surface area contributed by atoms with Gasteiger partial charge in [0.25, 0.3) is 5.91 Å². The first-order valence-corrected chi connectivity index (χ1v) is 11.0. The van der Waals surface area contributed by atoms with Crippen LogP contribution in [0.4, 0.5) is 5.82 Å². The molecule has 0 unspecified atom stereocenters. The van der Waals surface area contributed by atoms with E-state index in [4.69, 9.17) is 5.14 Å². The molecule has 2 aromatic carbocycles. The SMILES string of the molecule is Cc1cccc(-n2nc(C(C)(C)C)cc2NC(=O)c2cc(C)ccc2S(N)(=O)=O)c1. The molecule has 1 heterocycles. The number of sulfonamides is 1. The topological polar surface area (TPSA) is 107 Å². The summed E-state index contributed by atoms with van der Waals surface area (Å²) in [7, 11) is -4.06. The van der Waals surface area contributed by atoms with Crippen LogP contribution < -0.4 is 10.5 Å². The van der Waals surface area contributed by atoms with E-state index in [-0.39, 0.29) is 15.9 Å². The largest absolute Gasteiger partial charge is 0.306 e. The van der Waals surface area contributed by atoms with Crippen LogP contribution in [0.5, 0.6) is 0 Å². The van der Waals surface area contributed by atoms with Crippen LogP contribution in [0.1, 0.15) is 48.0 Å². The molecule has 0 atom stereocenters. The zero-order chi connectivity index (χ0) is 22.3. The second-order valence-electron chi connectivity index (χ2n) is 8.41. The Morgan fingerprint density at radius 1 is 1.03 bits per heavy atom. The average molecular weight is 427 g/mol. The molecule has 0 aliphatic rings. The van der Waals surface area contributed by atoms with Crippen LogP contribution >= 0.6 is 0 Å². The first-order valence-electron chi connectivity index (χ1n) is 9.48. The van der Waals surface area contributed by atoms with E-state index in [0.29, 0.717) is 5.82 Å². The molecule has 0 aliphatic carbocycles. The fourth-order valence-electron chi connectivity index (χ4n) is 3.05. The highest BCUT2D eigenvalue weighted by atomic mass is 32.2. The number of amides is 1. The molecule has 158 valence electrons. The van der Waals surface area contributed by atoms with Crippen LogP contribution in [0.25, 0.3) is 5.69 Å². The summed E-state index contributed by atoms with van der Waals surface area (Å²) >= 11 is 0. The molecule has 1 amide bonds. The van der Waals surface area contributed by atoms with Crippen LogP contribution in [0.2, 0.25) is 0 Å². The maximum atomic E-state index is 13.1. The molecule has 3 aromatic rings. The molecular weight excluding hydrogens is 400 g/mol. The standard InChI is InChI=1S/C22H26N4O3S/c1-14-7-6-8-16(11-14)26-20(13-19(25-26)22(3,4)5)24-21(27)17-12-15(2)9-10-18(17)30(23,28)29/h6-13H,1-5H3,(H,24,27)(H2,23,28,29). The summed E-state index contributed by atoms with van der Waals surface area (Å²) < 4.78 is 25.6. The van der Waals surface area contributed by atoms with E-state index in [2.05, 4.69) is 10.4 Å². The van der Waals surface area contributed by atoms with Crippen LogP contribution in [0.15, 0.2) is 53.4 Å². The van der Waals surface area contributed by atoms with Crippen molar-refractivity contribution >= 4 is 21.7 Å². The van der Waals surface area contributed by atoms with Crippen LogP contribution in [-0.2, 0) is 15.4 Å². The number of nitrogens with one attached hydrogen (secondary N) is 1. The Labute approximate surface area is 177 Å². The van der Waals surface area contributed by atoms with Crippen molar-refractivity contribution in [3.05, 3.63) is 70.9 Å². The Morgan fingerprint density at radius 3 is 2.30 bits per heavy atom. The summed E-state index contributed by atoms with van der Waals surface area (Å²) in [5.41, 5.74) is 3.12. The van der Waals surface area contributed by atoms with E-state index in [1.807, 2.05) is 52.0 Å². The van der Waals surface area contributed by atoms with Crippen LogP contribution in [0, 0.1) is 13.8 Å². The summed E-state index contributed by atoms with van der Waals surface area (Å²) in [4.78, 5) is 12.9. The number of nitrogens with two attached hydrogens (primary N) is 1. The average Bonchev–Trinajstić information content (AvgIpc) is 3.04. The van der Waals surface area contributed by atoms with Crippen molar-refractivity contribution < 1.29 is 13.2 Å². The van der Waals surface area contributed by atoms with Gasteiger partial charge in [0.05, 0.1) is 21.8 Å². The third-order valence-electron chi connectivity index (χ3n) is 4.65. The van der Waals surface area contributed by atoms with E-state index in [1.165, 1.54) is 12.1 Å². The number of hydrogen-bond acceptors (Lipinski definition) is 4. The van der Waals surface area contributed by atoms with Crippen molar-refractivity contribution in [2.24, 2.45) is 5.14 Å². The highest BCUT2D eigenvalue weighted by Gasteiger charge is 2.24. The van der Waals surface area contributed by atoms with E-state index in [1.54, 1.807) is 23.7 Å². The van der Waals surface area contributed by atoms with E-state index in [9.17, 15) is 13.2 Å². The van der Waals surface area contributed by atoms with E-state index in [0.717, 1.165) is 22.5 Å². The molecule has 7 nitrogen and oxygen atoms in total. The van der Waals surface area contributed by atoms with Gasteiger partial charge in [-0.15, -0.1) is 0 Å². The van der Waals surface area contributed by atoms with Crippen molar-refractivity contribution in [3.63, 3.8) is 0 Å². The third kappa shape index (κ3) is 4.60. The number of primary sulfonamides is 1. The Kier molecular flexibility index (Phi) is 5.58. The lowest BCUT2D eigenvalue weighted by molar-refractivity contribution is 0.102. The second kappa shape index (κ2) is 7.70. The zero-order valence-corrected chi connectivity index (χ0v) is 18.5. The maximum Gasteiger partial charge on any atom is 0.258 e. The highest BCUT2D eigenvalue weighted by molar-refractivity contribution is 7.89. The minimum absolute atomic E-state index is 0.00759. The molecule has 30 heavy (non-hydrogen) atoms. The van der Waals surface area contributed by atoms with Crippen molar-refractivity contribution in [2.75, 3.05) is 5.32 Å². The second-order valence-corrected chi connectivity index (χ2v) is 9.94.